The largest absolute Gasteiger partial charge is 0.399 e. The van der Waals surface area contributed by atoms with Crippen molar-refractivity contribution >= 4 is 22.9 Å². The van der Waals surface area contributed by atoms with Crippen LogP contribution in [0.2, 0.25) is 0 Å². The van der Waals surface area contributed by atoms with Crippen molar-refractivity contribution in [2.75, 3.05) is 5.73 Å². The topological polar surface area (TPSA) is 88.2 Å². The molecule has 4 N–H and O–H groups in total. The van der Waals surface area contributed by atoms with Gasteiger partial charge in [-0.15, -0.1) is 11.3 Å². The monoisotopic (exact) mass is 291 g/mol. The number of nitrogens with two attached hydrogens (primary N) is 1. The summed E-state index contributed by atoms with van der Waals surface area (Å²) in [5, 5.41) is 11.4. The molecule has 0 radical (unpaired) electrons. The first-order valence-electron chi connectivity index (χ1n) is 6.38. The van der Waals surface area contributed by atoms with Crippen molar-refractivity contribution in [1.29, 1.82) is 0 Å². The van der Waals surface area contributed by atoms with E-state index in [9.17, 15) is 4.79 Å². The van der Waals surface area contributed by atoms with Crippen LogP contribution in [0.4, 0.5) is 5.69 Å². The number of benzene rings is 1. The Hall–Kier alpha value is -1.92. The van der Waals surface area contributed by atoms with E-state index in [1.54, 1.807) is 16.8 Å². The van der Waals surface area contributed by atoms with Gasteiger partial charge < -0.3 is 5.73 Å². The zero-order valence-electron chi connectivity index (χ0n) is 11.0. The highest BCUT2D eigenvalue weighted by molar-refractivity contribution is 7.09. The molecule has 0 aliphatic carbocycles. The first-order valence-corrected chi connectivity index (χ1v) is 7.26. The summed E-state index contributed by atoms with van der Waals surface area (Å²) < 4.78 is 0. The number of nitrogens with zero attached hydrogens (tertiary/aromatic N) is 1. The van der Waals surface area contributed by atoms with Gasteiger partial charge >= 0.3 is 0 Å². The summed E-state index contributed by atoms with van der Waals surface area (Å²) in [7, 11) is 0. The van der Waals surface area contributed by atoms with Gasteiger partial charge in [-0.2, -0.15) is 0 Å². The second kappa shape index (κ2) is 7.02. The summed E-state index contributed by atoms with van der Waals surface area (Å²) in [4.78, 5) is 15.4. The Morgan fingerprint density at radius 1 is 1.25 bits per heavy atom. The van der Waals surface area contributed by atoms with Gasteiger partial charge in [-0.3, -0.25) is 10.0 Å². The lowest BCUT2D eigenvalue weighted by atomic mass is 10.1. The van der Waals surface area contributed by atoms with Crippen LogP contribution in [-0.4, -0.2) is 16.1 Å². The normalized spacial score (nSPS) is 10.4. The molecule has 0 aliphatic heterocycles. The van der Waals surface area contributed by atoms with E-state index in [0.717, 1.165) is 29.2 Å². The number of amides is 1. The number of hydrogen-bond acceptors (Lipinski definition) is 5. The molecule has 1 aromatic heterocycles. The highest BCUT2D eigenvalue weighted by Crippen LogP contribution is 2.15. The fourth-order valence-corrected chi connectivity index (χ4v) is 2.64. The minimum absolute atomic E-state index is 0.248. The molecule has 5 nitrogen and oxygen atoms in total. The molecule has 1 aromatic carbocycles. The molecule has 0 saturated heterocycles. The number of aromatic nitrogens is 1. The Labute approximate surface area is 121 Å². The van der Waals surface area contributed by atoms with E-state index in [1.165, 1.54) is 5.56 Å². The lowest BCUT2D eigenvalue weighted by Gasteiger charge is -2.00. The lowest BCUT2D eigenvalue weighted by molar-refractivity contribution is -0.129. The van der Waals surface area contributed by atoms with Gasteiger partial charge in [-0.25, -0.2) is 10.5 Å². The van der Waals surface area contributed by atoms with Crippen LogP contribution in [0.25, 0.3) is 0 Å². The van der Waals surface area contributed by atoms with Gasteiger partial charge in [-0.1, -0.05) is 12.1 Å². The molecule has 0 spiro atoms. The number of nitrogen functional groups attached to an aromatic ring is 1. The Bertz CT molecular complexity index is 566. The number of hydrogen-bond donors (Lipinski definition) is 3. The van der Waals surface area contributed by atoms with Crippen LogP contribution in [0.1, 0.15) is 22.7 Å². The Morgan fingerprint density at radius 3 is 2.70 bits per heavy atom. The fourth-order valence-electron chi connectivity index (χ4n) is 1.81. The van der Waals surface area contributed by atoms with Crippen molar-refractivity contribution in [3.63, 3.8) is 0 Å². The lowest BCUT2D eigenvalue weighted by Crippen LogP contribution is -2.18. The van der Waals surface area contributed by atoms with Crippen LogP contribution in [0.5, 0.6) is 0 Å². The molecule has 20 heavy (non-hydrogen) atoms. The number of carbonyl (C=O) groups excluding carboxylic acids is 1. The summed E-state index contributed by atoms with van der Waals surface area (Å²) in [6.07, 6.45) is 2.59. The molecule has 2 aromatic rings. The second-order valence-electron chi connectivity index (χ2n) is 4.51. The maximum absolute atomic E-state index is 10.9. The first kappa shape index (κ1) is 14.5. The maximum Gasteiger partial charge on any atom is 0.243 e. The molecule has 2 rings (SSSR count). The van der Waals surface area contributed by atoms with Crippen molar-refractivity contribution in [3.8, 4) is 0 Å². The smallest absolute Gasteiger partial charge is 0.243 e. The van der Waals surface area contributed by atoms with Gasteiger partial charge in [0.25, 0.3) is 0 Å². The predicted molar refractivity (Wildman–Crippen MR) is 78.6 cm³/mol. The molecule has 0 unspecified atom stereocenters. The van der Waals surface area contributed by atoms with Crippen molar-refractivity contribution < 1.29 is 10.0 Å². The molecule has 0 atom stereocenters. The fraction of sp³-hybridized carbons (Fsp3) is 0.286. The van der Waals surface area contributed by atoms with Gasteiger partial charge in [0.2, 0.25) is 5.91 Å². The highest BCUT2D eigenvalue weighted by atomic mass is 32.1. The number of rotatable bonds is 6. The average Bonchev–Trinajstić information content (AvgIpc) is 2.92. The molecular formula is C14H17N3O2S. The Morgan fingerprint density at radius 2 is 2.00 bits per heavy atom. The highest BCUT2D eigenvalue weighted by Gasteiger charge is 2.05. The van der Waals surface area contributed by atoms with Crippen LogP contribution in [0.15, 0.2) is 29.6 Å². The van der Waals surface area contributed by atoms with E-state index in [4.69, 9.17) is 10.9 Å². The van der Waals surface area contributed by atoms with E-state index >= 15 is 0 Å². The van der Waals surface area contributed by atoms with Crippen LogP contribution in [0.3, 0.4) is 0 Å². The standard InChI is InChI=1S/C14H17N3O2S/c15-11-4-1-10(2-5-11)3-8-14-16-12(9-20-14)6-7-13(18)17-19/h1-2,4-5,9,19H,3,6-8,15H2,(H,17,18). The molecule has 0 bridgehead atoms. The Kier molecular flexibility index (Phi) is 5.09. The van der Waals surface area contributed by atoms with E-state index in [1.807, 2.05) is 29.6 Å². The number of carbonyl (C=O) groups is 1. The summed E-state index contributed by atoms with van der Waals surface area (Å²) in [5.74, 6) is -0.388. The van der Waals surface area contributed by atoms with Crippen LogP contribution >= 0.6 is 11.3 Å². The van der Waals surface area contributed by atoms with Gasteiger partial charge in [0.15, 0.2) is 0 Å². The molecule has 0 saturated carbocycles. The third kappa shape index (κ3) is 4.32. The molecule has 6 heteroatoms. The molecule has 1 amide bonds. The summed E-state index contributed by atoms with van der Waals surface area (Å²) in [6, 6.07) is 7.84. The number of anilines is 1. The molecule has 1 heterocycles. The van der Waals surface area contributed by atoms with Gasteiger partial charge in [-0.05, 0) is 30.5 Å². The zero-order valence-corrected chi connectivity index (χ0v) is 11.8. The molecule has 106 valence electrons. The minimum atomic E-state index is -0.388. The Balaban J connectivity index is 1.83. The van der Waals surface area contributed by atoms with Gasteiger partial charge in [0.1, 0.15) is 0 Å². The van der Waals surface area contributed by atoms with Crippen LogP contribution in [0, 0.1) is 0 Å². The van der Waals surface area contributed by atoms with Crippen LogP contribution < -0.4 is 11.2 Å². The quantitative estimate of drug-likeness (QED) is 0.431. The van der Waals surface area contributed by atoms with E-state index in [-0.39, 0.29) is 12.3 Å². The van der Waals surface area contributed by atoms with E-state index in [0.29, 0.717) is 6.42 Å². The SMILES string of the molecule is Nc1ccc(CCc2nc(CCC(=O)NO)cs2)cc1. The van der Waals surface area contributed by atoms with Crippen LogP contribution in [-0.2, 0) is 24.1 Å². The molecular weight excluding hydrogens is 274 g/mol. The first-order chi connectivity index (χ1) is 9.67. The second-order valence-corrected chi connectivity index (χ2v) is 5.45. The summed E-state index contributed by atoms with van der Waals surface area (Å²) in [6.45, 7) is 0. The molecule has 0 fully saturated rings. The van der Waals surface area contributed by atoms with Crippen molar-refractivity contribution in [1.82, 2.24) is 10.5 Å². The number of nitrogens with one attached hydrogen (secondary N) is 1. The predicted octanol–water partition coefficient (Wildman–Crippen LogP) is 1.95. The van der Waals surface area contributed by atoms with Crippen molar-refractivity contribution in [3.05, 3.63) is 45.9 Å². The third-order valence-corrected chi connectivity index (χ3v) is 3.90. The number of hydroxylamine groups is 1. The van der Waals surface area contributed by atoms with Crippen molar-refractivity contribution in [2.45, 2.75) is 25.7 Å². The van der Waals surface area contributed by atoms with E-state index in [2.05, 4.69) is 4.98 Å². The van der Waals surface area contributed by atoms with Crippen molar-refractivity contribution in [2.24, 2.45) is 0 Å². The summed E-state index contributed by atoms with van der Waals surface area (Å²) in [5.41, 5.74) is 10.2. The maximum atomic E-state index is 10.9. The van der Waals surface area contributed by atoms with Gasteiger partial charge in [0, 0.05) is 23.9 Å². The number of thiazole rings is 1. The van der Waals surface area contributed by atoms with Gasteiger partial charge in [0.05, 0.1) is 10.7 Å². The molecule has 0 aliphatic rings. The zero-order chi connectivity index (χ0) is 14.4. The minimum Gasteiger partial charge on any atom is -0.399 e. The third-order valence-electron chi connectivity index (χ3n) is 2.94. The van der Waals surface area contributed by atoms with E-state index < -0.39 is 0 Å². The average molecular weight is 291 g/mol. The number of aryl methyl sites for hydroxylation is 3. The summed E-state index contributed by atoms with van der Waals surface area (Å²) >= 11 is 1.60.